The Morgan fingerprint density at radius 3 is 2.85 bits per heavy atom. The number of benzene rings is 1. The summed E-state index contributed by atoms with van der Waals surface area (Å²) >= 11 is 0. The molecule has 1 fully saturated rings. The van der Waals surface area contributed by atoms with Gasteiger partial charge in [-0.05, 0) is 37.4 Å². The highest BCUT2D eigenvalue weighted by Crippen LogP contribution is 2.26. The zero-order valence-electron chi connectivity index (χ0n) is 12.1. The van der Waals surface area contributed by atoms with E-state index in [1.54, 1.807) is 0 Å². The fourth-order valence-electron chi connectivity index (χ4n) is 3.01. The van der Waals surface area contributed by atoms with Gasteiger partial charge in [-0.2, -0.15) is 0 Å². The second-order valence-corrected chi connectivity index (χ2v) is 5.63. The number of nitrogens with one attached hydrogen (secondary N) is 1. The predicted molar refractivity (Wildman–Crippen MR) is 82.0 cm³/mol. The molecule has 0 bridgehead atoms. The van der Waals surface area contributed by atoms with Crippen molar-refractivity contribution >= 4 is 10.9 Å². The van der Waals surface area contributed by atoms with Crippen LogP contribution in [-0.4, -0.2) is 18.6 Å². The molecule has 1 aromatic heterocycles. The molecule has 3 rings (SSSR count). The highest BCUT2D eigenvalue weighted by Gasteiger charge is 2.16. The van der Waals surface area contributed by atoms with Crippen molar-refractivity contribution in [3.05, 3.63) is 35.9 Å². The minimum absolute atomic E-state index is 0.719. The molecule has 1 aromatic carbocycles. The van der Waals surface area contributed by atoms with Crippen LogP contribution in [0.2, 0.25) is 0 Å². The van der Waals surface area contributed by atoms with Crippen molar-refractivity contribution in [2.75, 3.05) is 13.7 Å². The number of ether oxygens (including phenoxy) is 1. The Morgan fingerprint density at radius 1 is 1.25 bits per heavy atom. The maximum atomic E-state index is 5.95. The van der Waals surface area contributed by atoms with Gasteiger partial charge in [0, 0.05) is 18.0 Å². The summed E-state index contributed by atoms with van der Waals surface area (Å²) in [6.45, 7) is 1.65. The standard InChI is InChI=1S/C17H22N2O/c1-18-11-14-10-17(20-12-13-6-2-3-7-13)19-16-9-5-4-8-15(14)16/h4-5,8-10,13,18H,2-3,6-7,11-12H2,1H3. The van der Waals surface area contributed by atoms with Crippen LogP contribution in [0.1, 0.15) is 31.2 Å². The smallest absolute Gasteiger partial charge is 0.214 e. The first-order valence-electron chi connectivity index (χ1n) is 7.53. The lowest BCUT2D eigenvalue weighted by Gasteiger charge is -2.13. The molecule has 0 saturated heterocycles. The number of hydrogen-bond acceptors (Lipinski definition) is 3. The fourth-order valence-corrected chi connectivity index (χ4v) is 3.01. The molecule has 20 heavy (non-hydrogen) atoms. The van der Waals surface area contributed by atoms with E-state index in [0.29, 0.717) is 0 Å². The van der Waals surface area contributed by atoms with Crippen LogP contribution in [0.25, 0.3) is 10.9 Å². The molecule has 3 heteroatoms. The van der Waals surface area contributed by atoms with Gasteiger partial charge in [0.15, 0.2) is 0 Å². The van der Waals surface area contributed by atoms with Crippen molar-refractivity contribution in [1.82, 2.24) is 10.3 Å². The van der Waals surface area contributed by atoms with Crippen molar-refractivity contribution in [2.45, 2.75) is 32.2 Å². The minimum atomic E-state index is 0.719. The Bertz CT molecular complexity index is 576. The second kappa shape index (κ2) is 6.23. The first-order chi connectivity index (χ1) is 9.86. The van der Waals surface area contributed by atoms with E-state index in [0.717, 1.165) is 30.5 Å². The van der Waals surface area contributed by atoms with Gasteiger partial charge in [-0.15, -0.1) is 0 Å². The van der Waals surface area contributed by atoms with Crippen LogP contribution < -0.4 is 10.1 Å². The van der Waals surface area contributed by atoms with Crippen LogP contribution in [0.4, 0.5) is 0 Å². The molecule has 2 aromatic rings. The molecule has 1 aliphatic carbocycles. The molecule has 3 nitrogen and oxygen atoms in total. The van der Waals surface area contributed by atoms with E-state index in [9.17, 15) is 0 Å². The minimum Gasteiger partial charge on any atom is -0.477 e. The summed E-state index contributed by atoms with van der Waals surface area (Å²) in [6, 6.07) is 10.3. The van der Waals surface area contributed by atoms with E-state index in [-0.39, 0.29) is 0 Å². The topological polar surface area (TPSA) is 34.1 Å². The third kappa shape index (κ3) is 2.93. The van der Waals surface area contributed by atoms with Gasteiger partial charge in [-0.25, -0.2) is 4.98 Å². The van der Waals surface area contributed by atoms with E-state index in [1.165, 1.54) is 36.6 Å². The van der Waals surface area contributed by atoms with Crippen molar-refractivity contribution in [2.24, 2.45) is 5.92 Å². The summed E-state index contributed by atoms with van der Waals surface area (Å²) in [5.74, 6) is 1.48. The van der Waals surface area contributed by atoms with Crippen LogP contribution in [0.15, 0.2) is 30.3 Å². The number of hydrogen-bond donors (Lipinski definition) is 1. The van der Waals surface area contributed by atoms with Crippen LogP contribution in [0, 0.1) is 5.92 Å². The van der Waals surface area contributed by atoms with Crippen LogP contribution >= 0.6 is 0 Å². The molecule has 0 radical (unpaired) electrons. The lowest BCUT2D eigenvalue weighted by atomic mass is 10.1. The molecule has 0 amide bonds. The van der Waals surface area contributed by atoms with E-state index < -0.39 is 0 Å². The SMILES string of the molecule is CNCc1cc(OCC2CCCC2)nc2ccccc12. The molecule has 106 valence electrons. The van der Waals surface area contributed by atoms with Gasteiger partial charge in [-0.1, -0.05) is 31.0 Å². The first kappa shape index (κ1) is 13.4. The summed E-state index contributed by atoms with van der Waals surface area (Å²) in [7, 11) is 1.97. The molecule has 1 saturated carbocycles. The van der Waals surface area contributed by atoms with Gasteiger partial charge in [0.1, 0.15) is 0 Å². The molecular formula is C17H22N2O. The van der Waals surface area contributed by atoms with E-state index in [1.807, 2.05) is 13.1 Å². The third-order valence-corrected chi connectivity index (χ3v) is 4.09. The number of rotatable bonds is 5. The summed E-state index contributed by atoms with van der Waals surface area (Å²) in [6.07, 6.45) is 5.31. The monoisotopic (exact) mass is 270 g/mol. The van der Waals surface area contributed by atoms with Gasteiger partial charge < -0.3 is 10.1 Å². The maximum Gasteiger partial charge on any atom is 0.214 e. The van der Waals surface area contributed by atoms with Crippen LogP contribution in [-0.2, 0) is 6.54 Å². The summed E-state index contributed by atoms with van der Waals surface area (Å²) in [4.78, 5) is 4.63. The van der Waals surface area contributed by atoms with Gasteiger partial charge in [-0.3, -0.25) is 0 Å². The molecule has 0 aliphatic heterocycles. The zero-order chi connectivity index (χ0) is 13.8. The summed E-state index contributed by atoms with van der Waals surface area (Å²) in [5, 5.41) is 4.42. The average Bonchev–Trinajstić information content (AvgIpc) is 2.99. The number of fused-ring (bicyclic) bond motifs is 1. The van der Waals surface area contributed by atoms with Crippen molar-refractivity contribution in [3.8, 4) is 5.88 Å². The maximum absolute atomic E-state index is 5.95. The third-order valence-electron chi connectivity index (χ3n) is 4.09. The van der Waals surface area contributed by atoms with E-state index in [4.69, 9.17) is 4.74 Å². The van der Waals surface area contributed by atoms with E-state index >= 15 is 0 Å². The number of nitrogens with zero attached hydrogens (tertiary/aromatic N) is 1. The summed E-state index contributed by atoms with van der Waals surface area (Å²) in [5.41, 5.74) is 2.26. The van der Waals surface area contributed by atoms with Gasteiger partial charge in [0.25, 0.3) is 0 Å². The number of aromatic nitrogens is 1. The van der Waals surface area contributed by atoms with Gasteiger partial charge in [0.2, 0.25) is 5.88 Å². The Hall–Kier alpha value is -1.61. The lowest BCUT2D eigenvalue weighted by Crippen LogP contribution is -2.10. The molecule has 1 N–H and O–H groups in total. The van der Waals surface area contributed by atoms with Crippen LogP contribution in [0.5, 0.6) is 5.88 Å². The Balaban J connectivity index is 1.82. The van der Waals surface area contributed by atoms with Gasteiger partial charge in [0.05, 0.1) is 12.1 Å². The molecule has 0 unspecified atom stereocenters. The highest BCUT2D eigenvalue weighted by molar-refractivity contribution is 5.82. The van der Waals surface area contributed by atoms with Crippen LogP contribution in [0.3, 0.4) is 0 Å². The Morgan fingerprint density at radius 2 is 2.05 bits per heavy atom. The van der Waals surface area contributed by atoms with E-state index in [2.05, 4.69) is 34.6 Å². The quantitative estimate of drug-likeness (QED) is 0.902. The average molecular weight is 270 g/mol. The summed E-state index contributed by atoms with van der Waals surface area (Å²) < 4.78 is 5.95. The predicted octanol–water partition coefficient (Wildman–Crippen LogP) is 3.52. The largest absolute Gasteiger partial charge is 0.477 e. The van der Waals surface area contributed by atoms with Gasteiger partial charge >= 0.3 is 0 Å². The highest BCUT2D eigenvalue weighted by atomic mass is 16.5. The van der Waals surface area contributed by atoms with Crippen molar-refractivity contribution in [3.63, 3.8) is 0 Å². The van der Waals surface area contributed by atoms with Crippen molar-refractivity contribution in [1.29, 1.82) is 0 Å². The second-order valence-electron chi connectivity index (χ2n) is 5.63. The number of para-hydroxylation sites is 1. The molecule has 1 aliphatic rings. The molecule has 1 heterocycles. The molecular weight excluding hydrogens is 248 g/mol. The number of pyridine rings is 1. The molecule has 0 spiro atoms. The Labute approximate surface area is 120 Å². The lowest BCUT2D eigenvalue weighted by molar-refractivity contribution is 0.244. The zero-order valence-corrected chi connectivity index (χ0v) is 12.1. The Kier molecular flexibility index (Phi) is 4.16. The fraction of sp³-hybridized carbons (Fsp3) is 0.471. The molecule has 0 atom stereocenters. The van der Waals surface area contributed by atoms with Crippen molar-refractivity contribution < 1.29 is 4.74 Å². The normalized spacial score (nSPS) is 15.8. The first-order valence-corrected chi connectivity index (χ1v) is 7.53.